The monoisotopic (exact) mass is 387 g/mol. The molecule has 2 aromatic carbocycles. The smallest absolute Gasteiger partial charge is 0.276 e. The number of hydrogen-bond donors (Lipinski definition) is 2. The van der Waals surface area contributed by atoms with Gasteiger partial charge in [0.05, 0.1) is 12.0 Å². The molecule has 0 bridgehead atoms. The van der Waals surface area contributed by atoms with Crippen LogP contribution < -0.4 is 15.6 Å². The highest BCUT2D eigenvalue weighted by Gasteiger charge is 2.08. The zero-order chi connectivity index (χ0) is 17.4. The lowest BCUT2D eigenvalue weighted by Crippen LogP contribution is -2.44. The maximum atomic E-state index is 11.8. The Hall–Kier alpha value is -2.85. The highest BCUT2D eigenvalue weighted by molar-refractivity contribution is 9.10. The van der Waals surface area contributed by atoms with Gasteiger partial charge in [-0.15, -0.1) is 0 Å². The molecule has 0 unspecified atom stereocenters. The lowest BCUT2D eigenvalue weighted by atomic mass is 10.1. The van der Waals surface area contributed by atoms with Crippen molar-refractivity contribution in [3.05, 3.63) is 64.1 Å². The molecule has 0 aliphatic heterocycles. The number of nitriles is 1. The van der Waals surface area contributed by atoms with E-state index in [1.54, 1.807) is 24.3 Å². The highest BCUT2D eigenvalue weighted by Crippen LogP contribution is 2.16. The molecule has 0 aliphatic rings. The Labute approximate surface area is 147 Å². The van der Waals surface area contributed by atoms with Crippen LogP contribution in [0, 0.1) is 11.3 Å². The van der Waals surface area contributed by atoms with Gasteiger partial charge in [0.1, 0.15) is 11.8 Å². The molecule has 2 N–H and O–H groups in total. The first-order chi connectivity index (χ1) is 11.6. The Morgan fingerprint density at radius 3 is 2.42 bits per heavy atom. The lowest BCUT2D eigenvalue weighted by molar-refractivity contribution is -0.129. The zero-order valence-corrected chi connectivity index (χ0v) is 14.2. The topological polar surface area (TPSA) is 91.2 Å². The first kappa shape index (κ1) is 17.5. The molecule has 0 aromatic heterocycles. The number of hydrazine groups is 1. The minimum absolute atomic E-state index is 0.145. The Balaban J connectivity index is 1.75. The van der Waals surface area contributed by atoms with Crippen molar-refractivity contribution in [3.63, 3.8) is 0 Å². The normalized spacial score (nSPS) is 9.67. The summed E-state index contributed by atoms with van der Waals surface area (Å²) >= 11 is 3.32. The molecule has 2 amide bonds. The molecule has 6 nitrogen and oxygen atoms in total. The molecule has 0 atom stereocenters. The fraction of sp³-hybridized carbons (Fsp3) is 0.118. The van der Waals surface area contributed by atoms with Crippen LogP contribution in [0.3, 0.4) is 0 Å². The van der Waals surface area contributed by atoms with E-state index in [4.69, 9.17) is 10.00 Å². The predicted octanol–water partition coefficient (Wildman–Crippen LogP) is 2.09. The molecular formula is C17H14BrN3O3. The summed E-state index contributed by atoms with van der Waals surface area (Å²) in [6.45, 7) is -0.308. The maximum Gasteiger partial charge on any atom is 0.276 e. The van der Waals surface area contributed by atoms with Crippen molar-refractivity contribution < 1.29 is 14.3 Å². The predicted molar refractivity (Wildman–Crippen MR) is 90.8 cm³/mol. The van der Waals surface area contributed by atoms with Crippen LogP contribution >= 0.6 is 15.9 Å². The van der Waals surface area contributed by atoms with Gasteiger partial charge in [0.15, 0.2) is 6.61 Å². The second kappa shape index (κ2) is 8.70. The number of rotatable bonds is 5. The van der Waals surface area contributed by atoms with Gasteiger partial charge in [0.25, 0.3) is 5.91 Å². The van der Waals surface area contributed by atoms with E-state index in [0.29, 0.717) is 11.3 Å². The molecule has 122 valence electrons. The van der Waals surface area contributed by atoms with Gasteiger partial charge in [-0.05, 0) is 29.8 Å². The van der Waals surface area contributed by atoms with Crippen molar-refractivity contribution in [2.75, 3.05) is 6.61 Å². The molecule has 2 rings (SSSR count). The summed E-state index contributed by atoms with van der Waals surface area (Å²) < 4.78 is 6.19. The van der Waals surface area contributed by atoms with Gasteiger partial charge in [0.2, 0.25) is 5.91 Å². The van der Waals surface area contributed by atoms with E-state index in [0.717, 1.165) is 10.0 Å². The molecule has 0 spiro atoms. The van der Waals surface area contributed by atoms with Crippen LogP contribution in [0.25, 0.3) is 0 Å². The number of hydrogen-bond acceptors (Lipinski definition) is 4. The zero-order valence-electron chi connectivity index (χ0n) is 12.6. The Bertz CT molecular complexity index is 769. The molecule has 7 heteroatoms. The average Bonchev–Trinajstić information content (AvgIpc) is 2.60. The van der Waals surface area contributed by atoms with Crippen LogP contribution in [-0.2, 0) is 16.0 Å². The maximum absolute atomic E-state index is 11.8. The number of carbonyl (C=O) groups excluding carboxylic acids is 2. The van der Waals surface area contributed by atoms with Crippen molar-refractivity contribution in [2.24, 2.45) is 0 Å². The Morgan fingerprint density at radius 1 is 1.04 bits per heavy atom. The molecule has 0 saturated heterocycles. The van der Waals surface area contributed by atoms with Crippen molar-refractivity contribution >= 4 is 27.7 Å². The van der Waals surface area contributed by atoms with Gasteiger partial charge < -0.3 is 4.74 Å². The molecule has 0 aliphatic carbocycles. The number of nitrogens with one attached hydrogen (secondary N) is 2. The van der Waals surface area contributed by atoms with Crippen LogP contribution in [0.15, 0.2) is 53.0 Å². The van der Waals surface area contributed by atoms with E-state index >= 15 is 0 Å². The summed E-state index contributed by atoms with van der Waals surface area (Å²) in [5.41, 5.74) is 5.74. The Kier molecular flexibility index (Phi) is 6.34. The number of benzene rings is 2. The van der Waals surface area contributed by atoms with Gasteiger partial charge in [-0.2, -0.15) is 5.26 Å². The molecule has 0 heterocycles. The number of nitrogens with zero attached hydrogens (tertiary/aromatic N) is 1. The first-order valence-corrected chi connectivity index (χ1v) is 7.82. The third-order valence-electron chi connectivity index (χ3n) is 2.99. The number of para-hydroxylation sites is 1. The van der Waals surface area contributed by atoms with E-state index in [-0.39, 0.29) is 18.9 Å². The van der Waals surface area contributed by atoms with E-state index in [1.807, 2.05) is 30.3 Å². The fourth-order valence-electron chi connectivity index (χ4n) is 1.84. The summed E-state index contributed by atoms with van der Waals surface area (Å²) in [5.74, 6) is -0.550. The average molecular weight is 388 g/mol. The van der Waals surface area contributed by atoms with E-state index < -0.39 is 5.91 Å². The van der Waals surface area contributed by atoms with Crippen molar-refractivity contribution in [1.29, 1.82) is 5.26 Å². The summed E-state index contributed by atoms with van der Waals surface area (Å²) in [5, 5.41) is 8.93. The second-order valence-electron chi connectivity index (χ2n) is 4.80. The number of ether oxygens (including phenoxy) is 1. The standard InChI is InChI=1S/C17H14BrN3O3/c18-14-7-5-12(6-8-14)9-16(22)20-21-17(23)11-24-15-4-2-1-3-13(15)10-19/h1-8H,9,11H2,(H,20,22)(H,21,23). The van der Waals surface area contributed by atoms with Gasteiger partial charge >= 0.3 is 0 Å². The van der Waals surface area contributed by atoms with E-state index in [1.165, 1.54) is 0 Å². The van der Waals surface area contributed by atoms with Gasteiger partial charge in [-0.3, -0.25) is 20.4 Å². The number of amides is 2. The molecule has 2 aromatic rings. The minimum Gasteiger partial charge on any atom is -0.482 e. The van der Waals surface area contributed by atoms with Crippen LogP contribution in [0.1, 0.15) is 11.1 Å². The largest absolute Gasteiger partial charge is 0.482 e. The molecule has 0 radical (unpaired) electrons. The SMILES string of the molecule is N#Cc1ccccc1OCC(=O)NNC(=O)Cc1ccc(Br)cc1. The summed E-state index contributed by atoms with van der Waals surface area (Å²) in [6.07, 6.45) is 0.145. The van der Waals surface area contributed by atoms with Crippen LogP contribution in [0.4, 0.5) is 0 Å². The van der Waals surface area contributed by atoms with E-state index in [2.05, 4.69) is 26.8 Å². The summed E-state index contributed by atoms with van der Waals surface area (Å²) in [4.78, 5) is 23.4. The summed E-state index contributed by atoms with van der Waals surface area (Å²) in [7, 11) is 0. The van der Waals surface area contributed by atoms with Gasteiger partial charge in [-0.1, -0.05) is 40.2 Å². The first-order valence-electron chi connectivity index (χ1n) is 7.02. The van der Waals surface area contributed by atoms with Gasteiger partial charge in [0, 0.05) is 4.47 Å². The lowest BCUT2D eigenvalue weighted by Gasteiger charge is -2.09. The molecule has 0 saturated carbocycles. The van der Waals surface area contributed by atoms with Crippen molar-refractivity contribution in [2.45, 2.75) is 6.42 Å². The summed E-state index contributed by atoms with van der Waals surface area (Å²) in [6, 6.07) is 15.9. The fourth-order valence-corrected chi connectivity index (χ4v) is 2.10. The third kappa shape index (κ3) is 5.41. The highest BCUT2D eigenvalue weighted by atomic mass is 79.9. The third-order valence-corrected chi connectivity index (χ3v) is 3.51. The quantitative estimate of drug-likeness (QED) is 0.768. The van der Waals surface area contributed by atoms with Crippen LogP contribution in [0.5, 0.6) is 5.75 Å². The Morgan fingerprint density at radius 2 is 1.71 bits per heavy atom. The molecule has 24 heavy (non-hydrogen) atoms. The molecule has 0 fully saturated rings. The molecular weight excluding hydrogens is 374 g/mol. The van der Waals surface area contributed by atoms with Crippen LogP contribution in [0.2, 0.25) is 0 Å². The number of carbonyl (C=O) groups is 2. The number of halogens is 1. The second-order valence-corrected chi connectivity index (χ2v) is 5.71. The van der Waals surface area contributed by atoms with Crippen molar-refractivity contribution in [1.82, 2.24) is 10.9 Å². The van der Waals surface area contributed by atoms with E-state index in [9.17, 15) is 9.59 Å². The minimum atomic E-state index is -0.521. The van der Waals surface area contributed by atoms with Crippen molar-refractivity contribution in [3.8, 4) is 11.8 Å². The van der Waals surface area contributed by atoms with Crippen LogP contribution in [-0.4, -0.2) is 18.4 Å². The van der Waals surface area contributed by atoms with Gasteiger partial charge in [-0.25, -0.2) is 0 Å².